The van der Waals surface area contributed by atoms with Gasteiger partial charge in [-0.2, -0.15) is 0 Å². The van der Waals surface area contributed by atoms with E-state index in [0.717, 1.165) is 12.0 Å². The zero-order valence-electron chi connectivity index (χ0n) is 7.42. The van der Waals surface area contributed by atoms with E-state index in [2.05, 4.69) is 0 Å². The Hall–Kier alpha value is -0.900. The van der Waals surface area contributed by atoms with Crippen LogP contribution in [0.3, 0.4) is 0 Å². The summed E-state index contributed by atoms with van der Waals surface area (Å²) in [5.41, 5.74) is 6.47. The van der Waals surface area contributed by atoms with E-state index in [9.17, 15) is 8.78 Å². The maximum Gasteiger partial charge on any atom is 0.240 e. The predicted molar refractivity (Wildman–Crippen MR) is 47.8 cm³/mol. The van der Waals surface area contributed by atoms with Gasteiger partial charge in [0.25, 0.3) is 0 Å². The minimum Gasteiger partial charge on any atom is -0.354 e. The highest BCUT2D eigenvalue weighted by Gasteiger charge is 2.02. The van der Waals surface area contributed by atoms with E-state index < -0.39 is 6.43 Å². The first-order valence-corrected chi connectivity index (χ1v) is 4.35. The molecule has 0 aromatic carbocycles. The molecule has 1 aromatic rings. The van der Waals surface area contributed by atoms with Crippen LogP contribution in [0.25, 0.3) is 0 Å². The quantitative estimate of drug-likeness (QED) is 0.748. The Morgan fingerprint density at radius 3 is 2.85 bits per heavy atom. The zero-order valence-corrected chi connectivity index (χ0v) is 7.42. The van der Waals surface area contributed by atoms with Gasteiger partial charge in [-0.05, 0) is 24.6 Å². The maximum atomic E-state index is 11.8. The molecule has 0 spiro atoms. The number of alkyl halides is 2. The molecule has 74 valence electrons. The van der Waals surface area contributed by atoms with E-state index >= 15 is 0 Å². The first-order chi connectivity index (χ1) is 6.22. The fourth-order valence-electron chi connectivity index (χ4n) is 1.19. The van der Waals surface area contributed by atoms with E-state index in [1.165, 1.54) is 0 Å². The molecule has 0 saturated carbocycles. The molecule has 0 saturated heterocycles. The molecular weight excluding hydrogens is 174 g/mol. The van der Waals surface area contributed by atoms with Gasteiger partial charge in [-0.3, -0.25) is 0 Å². The van der Waals surface area contributed by atoms with Crippen molar-refractivity contribution in [3.63, 3.8) is 0 Å². The molecule has 0 aliphatic rings. The minimum atomic E-state index is -2.22. The zero-order chi connectivity index (χ0) is 9.68. The number of hydrogen-bond acceptors (Lipinski definition) is 1. The second kappa shape index (κ2) is 4.97. The second-order valence-electron chi connectivity index (χ2n) is 2.98. The Morgan fingerprint density at radius 1 is 1.46 bits per heavy atom. The van der Waals surface area contributed by atoms with Crippen molar-refractivity contribution < 1.29 is 8.78 Å². The first kappa shape index (κ1) is 10.2. The van der Waals surface area contributed by atoms with Crippen LogP contribution in [-0.2, 0) is 13.0 Å². The van der Waals surface area contributed by atoms with Crippen LogP contribution in [0.2, 0.25) is 0 Å². The number of aromatic nitrogens is 1. The van der Waals surface area contributed by atoms with E-state index in [0.29, 0.717) is 13.1 Å². The smallest absolute Gasteiger partial charge is 0.240 e. The Labute approximate surface area is 76.3 Å². The number of nitrogens with two attached hydrogens (primary N) is 1. The topological polar surface area (TPSA) is 30.9 Å². The number of aryl methyl sites for hydroxylation is 1. The highest BCUT2D eigenvalue weighted by Crippen LogP contribution is 2.05. The molecule has 2 N–H and O–H groups in total. The first-order valence-electron chi connectivity index (χ1n) is 4.35. The van der Waals surface area contributed by atoms with Crippen LogP contribution in [0.15, 0.2) is 18.5 Å². The summed E-state index contributed by atoms with van der Waals surface area (Å²) in [5.74, 6) is 0. The molecule has 0 bridgehead atoms. The average Bonchev–Trinajstić information content (AvgIpc) is 2.50. The van der Waals surface area contributed by atoms with E-state index in [1.807, 2.05) is 18.5 Å². The maximum absolute atomic E-state index is 11.8. The molecular formula is C9H14F2N2. The molecule has 0 unspecified atom stereocenters. The average molecular weight is 188 g/mol. The van der Waals surface area contributed by atoms with Crippen LogP contribution < -0.4 is 5.73 Å². The molecule has 1 heterocycles. The molecule has 0 aliphatic carbocycles. The van der Waals surface area contributed by atoms with Gasteiger partial charge in [0.05, 0.1) is 0 Å². The molecule has 1 aromatic heterocycles. The van der Waals surface area contributed by atoms with Crippen LogP contribution in [0.4, 0.5) is 8.78 Å². The fraction of sp³-hybridized carbons (Fsp3) is 0.556. The third kappa shape index (κ3) is 3.55. The lowest BCUT2D eigenvalue weighted by Gasteiger charge is -2.00. The molecule has 0 radical (unpaired) electrons. The van der Waals surface area contributed by atoms with Crippen molar-refractivity contribution in [2.45, 2.75) is 25.8 Å². The number of rotatable bonds is 5. The van der Waals surface area contributed by atoms with E-state index in [-0.39, 0.29) is 6.42 Å². The van der Waals surface area contributed by atoms with Crippen molar-refractivity contribution in [3.05, 3.63) is 24.0 Å². The van der Waals surface area contributed by atoms with Crippen molar-refractivity contribution in [1.82, 2.24) is 4.57 Å². The van der Waals surface area contributed by atoms with Gasteiger partial charge >= 0.3 is 0 Å². The monoisotopic (exact) mass is 188 g/mol. The summed E-state index contributed by atoms with van der Waals surface area (Å²) in [6, 6.07) is 1.92. The van der Waals surface area contributed by atoms with Gasteiger partial charge in [-0.25, -0.2) is 8.78 Å². The highest BCUT2D eigenvalue weighted by molar-refractivity contribution is 5.10. The second-order valence-corrected chi connectivity index (χ2v) is 2.98. The third-order valence-electron chi connectivity index (χ3n) is 1.85. The van der Waals surface area contributed by atoms with Gasteiger partial charge in [0.2, 0.25) is 6.43 Å². The summed E-state index contributed by atoms with van der Waals surface area (Å²) < 4.78 is 25.5. The highest BCUT2D eigenvalue weighted by atomic mass is 19.3. The van der Waals surface area contributed by atoms with Crippen molar-refractivity contribution >= 4 is 0 Å². The van der Waals surface area contributed by atoms with Crippen molar-refractivity contribution in [3.8, 4) is 0 Å². The molecule has 4 heteroatoms. The summed E-state index contributed by atoms with van der Waals surface area (Å²) in [7, 11) is 0. The van der Waals surface area contributed by atoms with Crippen LogP contribution in [0, 0.1) is 0 Å². The Kier molecular flexibility index (Phi) is 3.89. The van der Waals surface area contributed by atoms with Gasteiger partial charge in [-0.1, -0.05) is 0 Å². The summed E-state index contributed by atoms with van der Waals surface area (Å²) in [6.45, 7) is 0.973. The number of hydrogen-bond donors (Lipinski definition) is 1. The summed E-state index contributed by atoms with van der Waals surface area (Å²) in [6.07, 6.45) is 2.18. The van der Waals surface area contributed by atoms with Gasteiger partial charge < -0.3 is 10.3 Å². The Bertz CT molecular complexity index is 246. The van der Waals surface area contributed by atoms with E-state index in [1.54, 1.807) is 4.57 Å². The fourth-order valence-corrected chi connectivity index (χ4v) is 1.19. The third-order valence-corrected chi connectivity index (χ3v) is 1.85. The summed E-state index contributed by atoms with van der Waals surface area (Å²) in [4.78, 5) is 0. The SMILES string of the molecule is NCCc1ccn(CCC(F)F)c1. The van der Waals surface area contributed by atoms with Crippen molar-refractivity contribution in [1.29, 1.82) is 0 Å². The summed E-state index contributed by atoms with van der Waals surface area (Å²) >= 11 is 0. The van der Waals surface area contributed by atoms with Gasteiger partial charge in [-0.15, -0.1) is 0 Å². The molecule has 0 atom stereocenters. The molecule has 13 heavy (non-hydrogen) atoms. The molecule has 2 nitrogen and oxygen atoms in total. The normalized spacial score (nSPS) is 11.1. The van der Waals surface area contributed by atoms with Crippen LogP contribution in [0.1, 0.15) is 12.0 Å². The van der Waals surface area contributed by atoms with Crippen molar-refractivity contribution in [2.75, 3.05) is 6.54 Å². The Morgan fingerprint density at radius 2 is 2.23 bits per heavy atom. The molecule has 0 fully saturated rings. The van der Waals surface area contributed by atoms with Crippen molar-refractivity contribution in [2.24, 2.45) is 5.73 Å². The largest absolute Gasteiger partial charge is 0.354 e. The lowest BCUT2D eigenvalue weighted by molar-refractivity contribution is 0.131. The summed E-state index contributed by atoms with van der Waals surface area (Å²) in [5, 5.41) is 0. The lowest BCUT2D eigenvalue weighted by Crippen LogP contribution is -2.02. The molecule has 0 amide bonds. The van der Waals surface area contributed by atoms with Crippen LogP contribution >= 0.6 is 0 Å². The number of nitrogens with zero attached hydrogens (tertiary/aromatic N) is 1. The van der Waals surface area contributed by atoms with Gasteiger partial charge in [0, 0.05) is 25.4 Å². The minimum absolute atomic E-state index is 0.0866. The van der Waals surface area contributed by atoms with E-state index in [4.69, 9.17) is 5.73 Å². The molecule has 1 rings (SSSR count). The molecule has 0 aliphatic heterocycles. The van der Waals surface area contributed by atoms with Crippen LogP contribution in [0.5, 0.6) is 0 Å². The Balaban J connectivity index is 2.39. The number of halogens is 2. The predicted octanol–water partition coefficient (Wildman–Crippen LogP) is 1.64. The lowest BCUT2D eigenvalue weighted by atomic mass is 10.2. The van der Waals surface area contributed by atoms with Crippen LogP contribution in [-0.4, -0.2) is 17.5 Å². The van der Waals surface area contributed by atoms with Gasteiger partial charge in [0.1, 0.15) is 0 Å². The standard InChI is InChI=1S/C9H14F2N2/c10-9(11)3-6-13-5-2-8(7-13)1-4-12/h2,5,7,9H,1,3-4,6,12H2. The van der Waals surface area contributed by atoms with Gasteiger partial charge in [0.15, 0.2) is 0 Å².